The van der Waals surface area contributed by atoms with Gasteiger partial charge in [-0.1, -0.05) is 30.3 Å². The maximum Gasteiger partial charge on any atom is 0.123 e. The number of hydrogen-bond donors (Lipinski definition) is 0. The van der Waals surface area contributed by atoms with Crippen LogP contribution < -0.4 is 0 Å². The molecular weight excluding hydrogens is 301 g/mol. The third kappa shape index (κ3) is 2.74. The number of para-hydroxylation sites is 1. The van der Waals surface area contributed by atoms with Crippen LogP contribution in [0.25, 0.3) is 5.69 Å². The van der Waals surface area contributed by atoms with E-state index in [2.05, 4.69) is 33.9 Å². The van der Waals surface area contributed by atoms with Gasteiger partial charge in [-0.3, -0.25) is 0 Å². The Hall–Kier alpha value is -3.14. The van der Waals surface area contributed by atoms with E-state index in [4.69, 9.17) is 0 Å². The summed E-state index contributed by atoms with van der Waals surface area (Å²) >= 11 is 0. The van der Waals surface area contributed by atoms with Gasteiger partial charge in [-0.2, -0.15) is 0 Å². The Bertz CT molecular complexity index is 909. The second-order valence-electron chi connectivity index (χ2n) is 5.65. The Morgan fingerprint density at radius 3 is 2.33 bits per heavy atom. The quantitative estimate of drug-likeness (QED) is 0.545. The average molecular weight is 317 g/mol. The first-order valence-electron chi connectivity index (χ1n) is 7.77. The Balaban J connectivity index is 1.77. The molecule has 0 saturated heterocycles. The van der Waals surface area contributed by atoms with Gasteiger partial charge in [0.25, 0.3) is 0 Å². The van der Waals surface area contributed by atoms with Crippen molar-refractivity contribution in [2.75, 3.05) is 0 Å². The minimum absolute atomic E-state index is 0.0435. The molecule has 1 atom stereocenters. The van der Waals surface area contributed by atoms with Crippen LogP contribution in [-0.4, -0.2) is 14.1 Å². The summed E-state index contributed by atoms with van der Waals surface area (Å²) < 4.78 is 17.4. The van der Waals surface area contributed by atoms with Crippen LogP contribution in [0.4, 0.5) is 4.39 Å². The first-order chi connectivity index (χ1) is 11.8. The van der Waals surface area contributed by atoms with E-state index in [1.807, 2.05) is 47.3 Å². The van der Waals surface area contributed by atoms with E-state index in [9.17, 15) is 4.39 Å². The molecule has 2 aromatic carbocycles. The number of imidazole rings is 1. The summed E-state index contributed by atoms with van der Waals surface area (Å²) in [5, 5.41) is 0. The second-order valence-corrected chi connectivity index (χ2v) is 5.65. The van der Waals surface area contributed by atoms with E-state index in [0.29, 0.717) is 0 Å². The molecule has 0 unspecified atom stereocenters. The van der Waals surface area contributed by atoms with Crippen LogP contribution in [0.15, 0.2) is 91.8 Å². The van der Waals surface area contributed by atoms with E-state index >= 15 is 0 Å². The minimum atomic E-state index is -0.231. The van der Waals surface area contributed by atoms with Crippen molar-refractivity contribution in [3.63, 3.8) is 0 Å². The summed E-state index contributed by atoms with van der Waals surface area (Å²) in [7, 11) is 0. The van der Waals surface area contributed by atoms with E-state index < -0.39 is 0 Å². The first-order valence-corrected chi connectivity index (χ1v) is 7.77. The Morgan fingerprint density at radius 1 is 0.833 bits per heavy atom. The predicted octanol–water partition coefficient (Wildman–Crippen LogP) is 4.45. The molecule has 4 rings (SSSR count). The van der Waals surface area contributed by atoms with Gasteiger partial charge < -0.3 is 9.13 Å². The molecule has 4 heteroatoms. The number of halogens is 1. The van der Waals surface area contributed by atoms with Crippen molar-refractivity contribution in [1.82, 2.24) is 14.1 Å². The molecule has 24 heavy (non-hydrogen) atoms. The molecular formula is C20H16FN3. The fourth-order valence-electron chi connectivity index (χ4n) is 2.94. The molecule has 2 aromatic heterocycles. The van der Waals surface area contributed by atoms with Crippen molar-refractivity contribution in [2.24, 2.45) is 0 Å². The predicted molar refractivity (Wildman–Crippen MR) is 91.6 cm³/mol. The molecule has 3 nitrogen and oxygen atoms in total. The van der Waals surface area contributed by atoms with Gasteiger partial charge in [-0.25, -0.2) is 9.37 Å². The maximum atomic E-state index is 13.3. The van der Waals surface area contributed by atoms with Crippen molar-refractivity contribution in [2.45, 2.75) is 6.04 Å². The van der Waals surface area contributed by atoms with Crippen molar-refractivity contribution in [3.8, 4) is 5.69 Å². The lowest BCUT2D eigenvalue weighted by atomic mass is 10.0. The van der Waals surface area contributed by atoms with Gasteiger partial charge in [0.15, 0.2) is 0 Å². The Morgan fingerprint density at radius 2 is 1.62 bits per heavy atom. The molecule has 0 fully saturated rings. The standard InChI is InChI=1S/C20H16FN3/c21-18-8-6-16(7-9-18)20(24-13-11-22-15-24)17-10-12-23(14-17)19-4-2-1-3-5-19/h1-15,20H/t20-/m1/s1. The number of hydrogen-bond acceptors (Lipinski definition) is 1. The number of benzene rings is 2. The zero-order valence-corrected chi connectivity index (χ0v) is 13.0. The summed E-state index contributed by atoms with van der Waals surface area (Å²) in [5.41, 5.74) is 3.23. The lowest BCUT2D eigenvalue weighted by molar-refractivity contribution is 0.622. The van der Waals surface area contributed by atoms with Crippen LogP contribution in [-0.2, 0) is 0 Å². The SMILES string of the molecule is Fc1ccc([C@H](c2ccn(-c3ccccc3)c2)n2ccnc2)cc1. The number of nitrogens with zero attached hydrogens (tertiary/aromatic N) is 3. The zero-order valence-electron chi connectivity index (χ0n) is 13.0. The molecule has 0 radical (unpaired) electrons. The normalized spacial score (nSPS) is 12.2. The fourth-order valence-corrected chi connectivity index (χ4v) is 2.94. The largest absolute Gasteiger partial charge is 0.326 e. The van der Waals surface area contributed by atoms with Crippen LogP contribution >= 0.6 is 0 Å². The number of aromatic nitrogens is 3. The molecule has 0 N–H and O–H groups in total. The highest BCUT2D eigenvalue weighted by molar-refractivity contribution is 5.37. The van der Waals surface area contributed by atoms with Crippen molar-refractivity contribution >= 4 is 0 Å². The third-order valence-electron chi connectivity index (χ3n) is 4.09. The molecule has 118 valence electrons. The lowest BCUT2D eigenvalue weighted by Crippen LogP contribution is -2.10. The van der Waals surface area contributed by atoms with Gasteiger partial charge in [0, 0.05) is 30.5 Å². The van der Waals surface area contributed by atoms with Gasteiger partial charge in [0.05, 0.1) is 12.4 Å². The maximum absolute atomic E-state index is 13.3. The second kappa shape index (κ2) is 6.16. The topological polar surface area (TPSA) is 22.8 Å². The molecule has 0 saturated carbocycles. The van der Waals surface area contributed by atoms with Crippen molar-refractivity contribution < 1.29 is 4.39 Å². The van der Waals surface area contributed by atoms with Gasteiger partial charge in [-0.05, 0) is 41.5 Å². The number of rotatable bonds is 4. The molecule has 0 spiro atoms. The highest BCUT2D eigenvalue weighted by Crippen LogP contribution is 2.28. The lowest BCUT2D eigenvalue weighted by Gasteiger charge is -2.18. The van der Waals surface area contributed by atoms with Crippen LogP contribution in [0.5, 0.6) is 0 Å². The minimum Gasteiger partial charge on any atom is -0.326 e. The third-order valence-corrected chi connectivity index (χ3v) is 4.09. The van der Waals surface area contributed by atoms with E-state index in [1.54, 1.807) is 12.5 Å². The Labute approximate surface area is 139 Å². The molecule has 0 aliphatic heterocycles. The summed E-state index contributed by atoms with van der Waals surface area (Å²) in [6.07, 6.45) is 9.61. The summed E-state index contributed by atoms with van der Waals surface area (Å²) in [4.78, 5) is 4.16. The summed E-state index contributed by atoms with van der Waals surface area (Å²) in [6.45, 7) is 0. The first kappa shape index (κ1) is 14.5. The van der Waals surface area contributed by atoms with E-state index in [-0.39, 0.29) is 11.9 Å². The Kier molecular flexibility index (Phi) is 3.71. The fraction of sp³-hybridized carbons (Fsp3) is 0.0500. The zero-order chi connectivity index (χ0) is 16.4. The highest BCUT2D eigenvalue weighted by atomic mass is 19.1. The van der Waals surface area contributed by atoms with Crippen LogP contribution in [0.2, 0.25) is 0 Å². The van der Waals surface area contributed by atoms with Crippen LogP contribution in [0, 0.1) is 5.82 Å². The molecule has 2 heterocycles. The van der Waals surface area contributed by atoms with Crippen molar-refractivity contribution in [3.05, 3.63) is 109 Å². The summed E-state index contributed by atoms with van der Waals surface area (Å²) in [6, 6.07) is 18.8. The van der Waals surface area contributed by atoms with E-state index in [0.717, 1.165) is 16.8 Å². The molecule has 0 bridgehead atoms. The van der Waals surface area contributed by atoms with Gasteiger partial charge in [0.2, 0.25) is 0 Å². The van der Waals surface area contributed by atoms with Crippen molar-refractivity contribution in [1.29, 1.82) is 0 Å². The van der Waals surface area contributed by atoms with Gasteiger partial charge in [0.1, 0.15) is 5.82 Å². The van der Waals surface area contributed by atoms with Gasteiger partial charge in [-0.15, -0.1) is 0 Å². The molecule has 0 aliphatic rings. The molecule has 0 aliphatic carbocycles. The van der Waals surface area contributed by atoms with Crippen LogP contribution in [0.3, 0.4) is 0 Å². The van der Waals surface area contributed by atoms with Crippen LogP contribution in [0.1, 0.15) is 17.2 Å². The monoisotopic (exact) mass is 317 g/mol. The summed E-state index contributed by atoms with van der Waals surface area (Å²) in [5.74, 6) is -0.231. The smallest absolute Gasteiger partial charge is 0.123 e. The average Bonchev–Trinajstić information content (AvgIpc) is 3.30. The van der Waals surface area contributed by atoms with Gasteiger partial charge >= 0.3 is 0 Å². The molecule has 0 amide bonds. The van der Waals surface area contributed by atoms with E-state index in [1.165, 1.54) is 12.1 Å². The molecule has 4 aromatic rings. The highest BCUT2D eigenvalue weighted by Gasteiger charge is 2.17.